The van der Waals surface area contributed by atoms with Crippen LogP contribution in [0.5, 0.6) is 0 Å². The van der Waals surface area contributed by atoms with Crippen LogP contribution in [0.1, 0.15) is 0 Å². The van der Waals surface area contributed by atoms with Crippen molar-refractivity contribution in [3.05, 3.63) is 140 Å². The molecule has 0 bridgehead atoms. The highest BCUT2D eigenvalue weighted by Crippen LogP contribution is 2.44. The van der Waals surface area contributed by atoms with Crippen LogP contribution in [0, 0.1) is 0 Å². The van der Waals surface area contributed by atoms with Gasteiger partial charge in [0.25, 0.3) is 0 Å². The van der Waals surface area contributed by atoms with Crippen LogP contribution in [0.15, 0.2) is 144 Å². The molecule has 2 nitrogen and oxygen atoms in total. The van der Waals surface area contributed by atoms with Crippen LogP contribution in [0.4, 0.5) is 17.1 Å². The molecular formula is C34H23NO. The first-order chi connectivity index (χ1) is 17.8. The Bertz CT molecular complexity index is 1780. The van der Waals surface area contributed by atoms with Crippen molar-refractivity contribution in [2.45, 2.75) is 0 Å². The highest BCUT2D eigenvalue weighted by atomic mass is 16.3. The summed E-state index contributed by atoms with van der Waals surface area (Å²) in [5, 5.41) is 4.66. The number of hydrogen-bond acceptors (Lipinski definition) is 2. The molecule has 1 aromatic heterocycles. The third-order valence-electron chi connectivity index (χ3n) is 6.81. The minimum absolute atomic E-state index is 0.881. The van der Waals surface area contributed by atoms with Gasteiger partial charge in [-0.1, -0.05) is 91.0 Å². The maximum absolute atomic E-state index is 6.49. The van der Waals surface area contributed by atoms with Crippen molar-refractivity contribution in [3.63, 3.8) is 0 Å². The van der Waals surface area contributed by atoms with Crippen molar-refractivity contribution in [1.29, 1.82) is 0 Å². The summed E-state index contributed by atoms with van der Waals surface area (Å²) < 4.78 is 6.49. The molecule has 170 valence electrons. The first kappa shape index (κ1) is 20.5. The molecule has 0 N–H and O–H groups in total. The molecule has 6 aromatic carbocycles. The van der Waals surface area contributed by atoms with E-state index in [0.29, 0.717) is 0 Å². The van der Waals surface area contributed by atoms with E-state index in [2.05, 4.69) is 144 Å². The number of para-hydroxylation sites is 2. The second-order valence-electron chi connectivity index (χ2n) is 9.04. The first-order valence-electron chi connectivity index (χ1n) is 12.2. The van der Waals surface area contributed by atoms with E-state index in [1.807, 2.05) is 0 Å². The lowest BCUT2D eigenvalue weighted by Gasteiger charge is -2.27. The highest BCUT2D eigenvalue weighted by Gasteiger charge is 2.20. The molecule has 0 aliphatic carbocycles. The average molecular weight is 462 g/mol. The summed E-state index contributed by atoms with van der Waals surface area (Å²) in [6.45, 7) is 0. The number of nitrogens with zero attached hydrogens (tertiary/aromatic N) is 1. The molecule has 0 aliphatic rings. The van der Waals surface area contributed by atoms with Crippen molar-refractivity contribution in [2.75, 3.05) is 4.90 Å². The van der Waals surface area contributed by atoms with Gasteiger partial charge in [0, 0.05) is 33.8 Å². The van der Waals surface area contributed by atoms with Crippen molar-refractivity contribution < 1.29 is 4.42 Å². The van der Waals surface area contributed by atoms with Crippen molar-refractivity contribution in [3.8, 4) is 11.1 Å². The number of rotatable bonds is 4. The zero-order chi connectivity index (χ0) is 23.9. The van der Waals surface area contributed by atoms with Gasteiger partial charge < -0.3 is 9.32 Å². The van der Waals surface area contributed by atoms with E-state index < -0.39 is 0 Å². The number of furan rings is 1. The van der Waals surface area contributed by atoms with Gasteiger partial charge in [-0.3, -0.25) is 0 Å². The number of fused-ring (bicyclic) bond motifs is 4. The Morgan fingerprint density at radius 2 is 0.944 bits per heavy atom. The average Bonchev–Trinajstić information content (AvgIpc) is 3.29. The summed E-state index contributed by atoms with van der Waals surface area (Å²) in [4.78, 5) is 2.31. The monoisotopic (exact) mass is 461 g/mol. The lowest BCUT2D eigenvalue weighted by Crippen LogP contribution is -2.11. The van der Waals surface area contributed by atoms with Crippen LogP contribution < -0.4 is 4.90 Å². The molecule has 0 amide bonds. The molecule has 0 saturated carbocycles. The minimum atomic E-state index is 0.881. The molecule has 0 atom stereocenters. The number of benzene rings is 6. The summed E-state index contributed by atoms with van der Waals surface area (Å²) in [5.74, 6) is 0. The predicted molar refractivity (Wildman–Crippen MR) is 151 cm³/mol. The van der Waals surface area contributed by atoms with E-state index in [-0.39, 0.29) is 0 Å². The van der Waals surface area contributed by atoms with Crippen LogP contribution in [-0.2, 0) is 0 Å². The largest absolute Gasteiger partial charge is 0.456 e. The van der Waals surface area contributed by atoms with Gasteiger partial charge in [0.15, 0.2) is 0 Å². The first-order valence-corrected chi connectivity index (χ1v) is 12.2. The number of hydrogen-bond donors (Lipinski definition) is 0. The SMILES string of the molecule is c1ccc(-c2cc3c(cc2N(c2ccccc2)c2ccccc2)oc2cc4ccccc4cc23)cc1. The predicted octanol–water partition coefficient (Wildman–Crippen LogP) is 9.88. The molecule has 7 aromatic rings. The quantitative estimate of drug-likeness (QED) is 0.259. The van der Waals surface area contributed by atoms with Crippen LogP contribution in [0.2, 0.25) is 0 Å². The molecule has 0 unspecified atom stereocenters. The topological polar surface area (TPSA) is 16.4 Å². The van der Waals surface area contributed by atoms with Crippen molar-refractivity contribution in [1.82, 2.24) is 0 Å². The van der Waals surface area contributed by atoms with E-state index in [9.17, 15) is 0 Å². The second kappa shape index (κ2) is 8.44. The van der Waals surface area contributed by atoms with Gasteiger partial charge in [0.1, 0.15) is 11.2 Å². The van der Waals surface area contributed by atoms with Crippen LogP contribution in [-0.4, -0.2) is 0 Å². The lowest BCUT2D eigenvalue weighted by atomic mass is 9.98. The van der Waals surface area contributed by atoms with Crippen molar-refractivity contribution >= 4 is 49.8 Å². The van der Waals surface area contributed by atoms with Gasteiger partial charge in [-0.25, -0.2) is 0 Å². The third kappa shape index (κ3) is 3.43. The van der Waals surface area contributed by atoms with E-state index in [1.54, 1.807) is 0 Å². The van der Waals surface area contributed by atoms with E-state index in [1.165, 1.54) is 16.3 Å². The molecule has 0 radical (unpaired) electrons. The molecular weight excluding hydrogens is 438 g/mol. The van der Waals surface area contributed by atoms with Crippen LogP contribution in [0.25, 0.3) is 43.8 Å². The summed E-state index contributed by atoms with van der Waals surface area (Å²) in [7, 11) is 0. The molecule has 0 fully saturated rings. The molecule has 7 rings (SSSR count). The molecule has 2 heteroatoms. The Hall–Kier alpha value is -4.82. The maximum Gasteiger partial charge on any atom is 0.137 e. The summed E-state index contributed by atoms with van der Waals surface area (Å²) in [6, 6.07) is 49.0. The zero-order valence-electron chi connectivity index (χ0n) is 19.6. The molecule has 0 aliphatic heterocycles. The molecule has 36 heavy (non-hydrogen) atoms. The van der Waals surface area contributed by atoms with E-state index >= 15 is 0 Å². The molecule has 0 saturated heterocycles. The fraction of sp³-hybridized carbons (Fsp3) is 0. The fourth-order valence-corrected chi connectivity index (χ4v) is 5.11. The highest BCUT2D eigenvalue weighted by molar-refractivity contribution is 6.12. The van der Waals surface area contributed by atoms with Gasteiger partial charge in [-0.05, 0) is 58.8 Å². The van der Waals surface area contributed by atoms with Gasteiger partial charge in [-0.2, -0.15) is 0 Å². The van der Waals surface area contributed by atoms with E-state index in [0.717, 1.165) is 44.6 Å². The van der Waals surface area contributed by atoms with Gasteiger partial charge in [0.2, 0.25) is 0 Å². The summed E-state index contributed by atoms with van der Waals surface area (Å²) in [5.41, 5.74) is 7.39. The summed E-state index contributed by atoms with van der Waals surface area (Å²) in [6.07, 6.45) is 0. The van der Waals surface area contributed by atoms with Gasteiger partial charge in [-0.15, -0.1) is 0 Å². The Labute approximate surface area is 209 Å². The maximum atomic E-state index is 6.49. The Balaban J connectivity index is 1.57. The zero-order valence-corrected chi connectivity index (χ0v) is 19.6. The van der Waals surface area contributed by atoms with E-state index in [4.69, 9.17) is 4.42 Å². The molecule has 1 heterocycles. The Morgan fingerprint density at radius 1 is 0.444 bits per heavy atom. The normalized spacial score (nSPS) is 11.3. The Morgan fingerprint density at radius 3 is 1.58 bits per heavy atom. The Kier molecular flexibility index (Phi) is 4.82. The third-order valence-corrected chi connectivity index (χ3v) is 6.81. The lowest BCUT2D eigenvalue weighted by molar-refractivity contribution is 0.669. The summed E-state index contributed by atoms with van der Waals surface area (Å²) >= 11 is 0. The van der Waals surface area contributed by atoms with Crippen LogP contribution in [0.3, 0.4) is 0 Å². The second-order valence-corrected chi connectivity index (χ2v) is 9.04. The minimum Gasteiger partial charge on any atom is -0.456 e. The molecule has 0 spiro atoms. The number of anilines is 3. The van der Waals surface area contributed by atoms with Crippen molar-refractivity contribution in [2.24, 2.45) is 0 Å². The smallest absolute Gasteiger partial charge is 0.137 e. The fourth-order valence-electron chi connectivity index (χ4n) is 5.11. The van der Waals surface area contributed by atoms with Crippen LogP contribution >= 0.6 is 0 Å². The standard InChI is InChI=1S/C34H23NO/c1-4-12-24(13-5-1)29-22-31-30-20-25-14-10-11-15-26(25)21-33(30)36-34(31)23-32(29)35(27-16-6-2-7-17-27)28-18-8-3-9-19-28/h1-23H. The van der Waals surface area contributed by atoms with Gasteiger partial charge >= 0.3 is 0 Å². The van der Waals surface area contributed by atoms with Gasteiger partial charge in [0.05, 0.1) is 5.69 Å².